The van der Waals surface area contributed by atoms with Crippen LogP contribution in [0, 0.1) is 0 Å². The fourth-order valence-electron chi connectivity index (χ4n) is 3.03. The van der Waals surface area contributed by atoms with Crippen molar-refractivity contribution in [1.29, 1.82) is 0 Å². The van der Waals surface area contributed by atoms with Crippen molar-refractivity contribution in [1.82, 2.24) is 5.32 Å². The number of rotatable bonds is 12. The first kappa shape index (κ1) is 29.7. The number of amides is 1. The monoisotopic (exact) mass is 523 g/mol. The van der Waals surface area contributed by atoms with E-state index >= 15 is 0 Å². The lowest BCUT2D eigenvalue weighted by Crippen LogP contribution is -2.62. The maximum atomic E-state index is 13.3. The summed E-state index contributed by atoms with van der Waals surface area (Å²) in [4.78, 5) is 37.3. The van der Waals surface area contributed by atoms with E-state index in [1.807, 2.05) is 30.3 Å². The summed E-state index contributed by atoms with van der Waals surface area (Å²) in [5.41, 5.74) is -1.52. The zero-order chi connectivity index (χ0) is 25.8. The molecule has 0 aliphatic heterocycles. The van der Waals surface area contributed by atoms with Crippen LogP contribution in [0.1, 0.15) is 39.2 Å². The van der Waals surface area contributed by atoms with Crippen molar-refractivity contribution in [3.05, 3.63) is 35.9 Å². The predicted molar refractivity (Wildman–Crippen MR) is 125 cm³/mol. The Morgan fingerprint density at radius 1 is 1.00 bits per heavy atom. The molecule has 0 aliphatic carbocycles. The molecule has 190 valence electrons. The number of nitrogens with one attached hydrogen (secondary N) is 1. The second-order valence-electron chi connectivity index (χ2n) is 7.12. The Labute approximate surface area is 206 Å². The lowest BCUT2D eigenvalue weighted by atomic mass is 9.91. The number of thiocarbonyl (C=S) groups is 1. The Kier molecular flexibility index (Phi) is 12.4. The lowest BCUT2D eigenvalue weighted by Gasteiger charge is -2.32. The Balaban J connectivity index is 3.11. The lowest BCUT2D eigenvalue weighted by molar-refractivity contribution is -0.169. The van der Waals surface area contributed by atoms with Gasteiger partial charge in [-0.25, -0.2) is 9.59 Å². The molecule has 0 heterocycles. The number of alkyl halides is 3. The van der Waals surface area contributed by atoms with Gasteiger partial charge in [0.2, 0.25) is 15.8 Å². The van der Waals surface area contributed by atoms with Crippen LogP contribution in [0.4, 0.5) is 13.2 Å². The molecule has 12 heteroatoms. The Morgan fingerprint density at radius 3 is 2.03 bits per heavy atom. The Morgan fingerprint density at radius 2 is 1.56 bits per heavy atom. The van der Waals surface area contributed by atoms with Gasteiger partial charge in [-0.1, -0.05) is 42.1 Å². The summed E-state index contributed by atoms with van der Waals surface area (Å²) in [6, 6.07) is 9.27. The fourth-order valence-corrected chi connectivity index (χ4v) is 4.56. The van der Waals surface area contributed by atoms with Crippen LogP contribution in [0.15, 0.2) is 30.3 Å². The van der Waals surface area contributed by atoms with Crippen LogP contribution in [0.25, 0.3) is 0 Å². The van der Waals surface area contributed by atoms with E-state index in [1.54, 1.807) is 0 Å². The number of carbonyl (C=O) groups is 3. The number of esters is 2. The van der Waals surface area contributed by atoms with Crippen molar-refractivity contribution in [3.63, 3.8) is 0 Å². The molecule has 1 rings (SSSR count). The summed E-state index contributed by atoms with van der Waals surface area (Å²) in [5.74, 6) is -3.25. The van der Waals surface area contributed by atoms with E-state index in [-0.39, 0.29) is 24.2 Å². The molecule has 0 aromatic heterocycles. The van der Waals surface area contributed by atoms with E-state index < -0.39 is 47.7 Å². The van der Waals surface area contributed by atoms with Crippen molar-refractivity contribution in [2.24, 2.45) is 0 Å². The molecule has 7 nitrogen and oxygen atoms in total. The van der Waals surface area contributed by atoms with Gasteiger partial charge in [-0.15, -0.1) is 0 Å². The van der Waals surface area contributed by atoms with Crippen LogP contribution >= 0.6 is 24.0 Å². The van der Waals surface area contributed by atoms with Gasteiger partial charge in [0.05, 0.1) is 26.2 Å². The molecular formula is C22H28F3NO6S2. The molecule has 1 unspecified atom stereocenters. The third-order valence-electron chi connectivity index (χ3n) is 4.35. The first-order chi connectivity index (χ1) is 15.9. The molecule has 1 atom stereocenters. The van der Waals surface area contributed by atoms with Crippen molar-refractivity contribution >= 4 is 46.2 Å². The third-order valence-corrected chi connectivity index (χ3v) is 5.73. The van der Waals surface area contributed by atoms with E-state index in [2.05, 4.69) is 5.32 Å². The zero-order valence-electron chi connectivity index (χ0n) is 19.1. The standard InChI is InChI=1S/C22H28F3NO6S2/c1-4-30-18(28)21(26-15(3)27,19(29)31-5-2)13-17(14-22(23,24)25)34-20(33)32-12-11-16-9-7-6-8-10-16/h6-10,17H,4-5,11-14H2,1-3H3,(H,26,27). The SMILES string of the molecule is CCOC(=O)C(CC(CC(F)(F)F)SC(=S)OCCc1ccccc1)(NC(C)=O)C(=O)OCC. The Hall–Kier alpha value is -2.34. The van der Waals surface area contributed by atoms with Gasteiger partial charge in [0.1, 0.15) is 0 Å². The quantitative estimate of drug-likeness (QED) is 0.250. The first-order valence-corrected chi connectivity index (χ1v) is 11.8. The maximum absolute atomic E-state index is 13.3. The highest BCUT2D eigenvalue weighted by Crippen LogP contribution is 2.35. The van der Waals surface area contributed by atoms with E-state index in [4.69, 9.17) is 26.4 Å². The third kappa shape index (κ3) is 10.3. The number of thioether (sulfide) groups is 1. The molecule has 0 fully saturated rings. The number of ether oxygens (including phenoxy) is 3. The molecule has 1 aromatic rings. The molecule has 0 bridgehead atoms. The molecule has 0 saturated heterocycles. The molecular weight excluding hydrogens is 495 g/mol. The van der Waals surface area contributed by atoms with Crippen molar-refractivity contribution in [2.75, 3.05) is 19.8 Å². The Bertz CT molecular complexity index is 818. The van der Waals surface area contributed by atoms with Crippen LogP contribution in [-0.2, 0) is 35.0 Å². The van der Waals surface area contributed by atoms with Gasteiger partial charge in [0.25, 0.3) is 0 Å². The van der Waals surface area contributed by atoms with Gasteiger partial charge in [-0.2, -0.15) is 13.2 Å². The van der Waals surface area contributed by atoms with Crippen LogP contribution in [0.5, 0.6) is 0 Å². The normalized spacial score (nSPS) is 12.4. The summed E-state index contributed by atoms with van der Waals surface area (Å²) in [7, 11) is 0. The van der Waals surface area contributed by atoms with Crippen LogP contribution in [0.3, 0.4) is 0 Å². The van der Waals surface area contributed by atoms with Gasteiger partial charge in [0.15, 0.2) is 0 Å². The van der Waals surface area contributed by atoms with Crippen molar-refractivity contribution in [3.8, 4) is 0 Å². The highest BCUT2D eigenvalue weighted by Gasteiger charge is 2.53. The summed E-state index contributed by atoms with van der Waals surface area (Å²) in [5, 5.41) is 0.710. The minimum Gasteiger partial charge on any atom is -0.478 e. The topological polar surface area (TPSA) is 90.9 Å². The van der Waals surface area contributed by atoms with E-state index in [0.29, 0.717) is 18.2 Å². The van der Waals surface area contributed by atoms with Gasteiger partial charge in [-0.05, 0) is 31.6 Å². The molecule has 0 aliphatic rings. The van der Waals surface area contributed by atoms with Gasteiger partial charge >= 0.3 is 18.1 Å². The van der Waals surface area contributed by atoms with Gasteiger partial charge in [0, 0.05) is 25.0 Å². The van der Waals surface area contributed by atoms with Crippen molar-refractivity contribution < 1.29 is 41.8 Å². The zero-order valence-corrected chi connectivity index (χ0v) is 20.7. The summed E-state index contributed by atoms with van der Waals surface area (Å²) in [6.07, 6.45) is -6.34. The molecule has 1 N–H and O–H groups in total. The van der Waals surface area contributed by atoms with Crippen LogP contribution < -0.4 is 5.32 Å². The number of halogens is 3. The summed E-state index contributed by atoms with van der Waals surface area (Å²) in [6.45, 7) is 3.73. The van der Waals surface area contributed by atoms with E-state index in [1.165, 1.54) is 13.8 Å². The number of hydrogen-bond donors (Lipinski definition) is 1. The number of carbonyl (C=O) groups excluding carboxylic acids is 3. The van der Waals surface area contributed by atoms with Crippen molar-refractivity contribution in [2.45, 2.75) is 57.0 Å². The van der Waals surface area contributed by atoms with Crippen LogP contribution in [0.2, 0.25) is 0 Å². The molecule has 1 aromatic carbocycles. The van der Waals surface area contributed by atoms with Crippen LogP contribution in [-0.4, -0.2) is 59.0 Å². The second-order valence-corrected chi connectivity index (χ2v) is 9.03. The molecule has 0 radical (unpaired) electrons. The fraction of sp³-hybridized carbons (Fsp3) is 0.545. The highest BCUT2D eigenvalue weighted by molar-refractivity contribution is 8.23. The average molecular weight is 524 g/mol. The number of hydrogen-bond acceptors (Lipinski definition) is 8. The molecule has 0 spiro atoms. The molecule has 0 saturated carbocycles. The summed E-state index contributed by atoms with van der Waals surface area (Å²) >= 11 is 5.65. The molecule has 34 heavy (non-hydrogen) atoms. The summed E-state index contributed by atoms with van der Waals surface area (Å²) < 4.78 is 55.1. The second kappa shape index (κ2) is 14.1. The minimum atomic E-state index is -4.65. The number of benzene rings is 1. The highest BCUT2D eigenvalue weighted by atomic mass is 32.2. The maximum Gasteiger partial charge on any atom is 0.390 e. The first-order valence-electron chi connectivity index (χ1n) is 10.5. The minimum absolute atomic E-state index is 0.126. The van der Waals surface area contributed by atoms with Gasteiger partial charge < -0.3 is 19.5 Å². The largest absolute Gasteiger partial charge is 0.478 e. The predicted octanol–water partition coefficient (Wildman–Crippen LogP) is 3.98. The smallest absolute Gasteiger partial charge is 0.390 e. The van der Waals surface area contributed by atoms with E-state index in [9.17, 15) is 27.6 Å². The van der Waals surface area contributed by atoms with E-state index in [0.717, 1.165) is 12.5 Å². The van der Waals surface area contributed by atoms with Gasteiger partial charge in [-0.3, -0.25) is 4.79 Å². The molecule has 1 amide bonds. The average Bonchev–Trinajstić information content (AvgIpc) is 2.72.